The number of halogens is 4. The van der Waals surface area contributed by atoms with Crippen LogP contribution in [0.4, 0.5) is 17.6 Å². The fraction of sp³-hybridized carbons (Fsp3) is 0.300. The van der Waals surface area contributed by atoms with Crippen molar-refractivity contribution in [2.75, 3.05) is 0 Å². The fourth-order valence-corrected chi connectivity index (χ4v) is 1.13. The number of hydrogen-bond donors (Lipinski definition) is 0. The maximum Gasteiger partial charge on any atom is 0.416 e. The molecule has 1 rings (SSSR count). The summed E-state index contributed by atoms with van der Waals surface area (Å²) in [5.74, 6) is 0. The molecule has 0 saturated carbocycles. The van der Waals surface area contributed by atoms with E-state index < -0.39 is 24.3 Å². The Morgan fingerprint density at radius 3 is 2.53 bits per heavy atom. The third-order valence-corrected chi connectivity index (χ3v) is 1.88. The van der Waals surface area contributed by atoms with Gasteiger partial charge in [0.05, 0.1) is 5.56 Å². The molecule has 5 heteroatoms. The molecule has 0 aliphatic carbocycles. The first-order valence-corrected chi connectivity index (χ1v) is 4.20. The van der Waals surface area contributed by atoms with Gasteiger partial charge in [-0.25, -0.2) is 4.39 Å². The summed E-state index contributed by atoms with van der Waals surface area (Å²) in [4.78, 5) is 10.0. The summed E-state index contributed by atoms with van der Waals surface area (Å²) < 4.78 is 49.8. The van der Waals surface area contributed by atoms with Crippen LogP contribution in [0.3, 0.4) is 0 Å². The number of benzene rings is 1. The maximum absolute atomic E-state index is 13.1. The zero-order valence-electron chi connectivity index (χ0n) is 7.59. The summed E-state index contributed by atoms with van der Waals surface area (Å²) in [5, 5.41) is 0. The van der Waals surface area contributed by atoms with Gasteiger partial charge >= 0.3 is 6.18 Å². The normalized spacial score (nSPS) is 13.6. The fourth-order valence-electron chi connectivity index (χ4n) is 1.13. The smallest absolute Gasteiger partial charge is 0.303 e. The molecule has 0 aliphatic rings. The van der Waals surface area contributed by atoms with E-state index in [1.165, 1.54) is 6.07 Å². The number of rotatable bonds is 3. The van der Waals surface area contributed by atoms with E-state index in [-0.39, 0.29) is 5.56 Å². The monoisotopic (exact) mass is 220 g/mol. The van der Waals surface area contributed by atoms with Crippen LogP contribution in [-0.2, 0) is 11.0 Å². The molecule has 0 N–H and O–H groups in total. The lowest BCUT2D eigenvalue weighted by Gasteiger charge is -2.10. The molecule has 82 valence electrons. The van der Waals surface area contributed by atoms with Gasteiger partial charge in [0.15, 0.2) is 0 Å². The highest BCUT2D eigenvalue weighted by Gasteiger charge is 2.30. The molecule has 0 aliphatic heterocycles. The van der Waals surface area contributed by atoms with E-state index in [0.717, 1.165) is 12.1 Å². The quantitative estimate of drug-likeness (QED) is 0.564. The van der Waals surface area contributed by atoms with Gasteiger partial charge in [0.1, 0.15) is 12.5 Å². The van der Waals surface area contributed by atoms with Crippen molar-refractivity contribution in [3.63, 3.8) is 0 Å². The van der Waals surface area contributed by atoms with E-state index in [1.807, 2.05) is 0 Å². The molecule has 0 bridgehead atoms. The summed E-state index contributed by atoms with van der Waals surface area (Å²) in [7, 11) is 0. The van der Waals surface area contributed by atoms with Crippen molar-refractivity contribution >= 4 is 6.29 Å². The van der Waals surface area contributed by atoms with E-state index in [0.29, 0.717) is 12.4 Å². The number of aldehydes is 1. The zero-order chi connectivity index (χ0) is 11.5. The Bertz CT molecular complexity index is 346. The maximum atomic E-state index is 13.1. The molecule has 0 spiro atoms. The molecule has 15 heavy (non-hydrogen) atoms. The Morgan fingerprint density at radius 1 is 1.33 bits per heavy atom. The van der Waals surface area contributed by atoms with E-state index in [4.69, 9.17) is 0 Å². The molecule has 1 aromatic carbocycles. The van der Waals surface area contributed by atoms with Gasteiger partial charge in [-0.05, 0) is 17.7 Å². The van der Waals surface area contributed by atoms with Gasteiger partial charge in [-0.2, -0.15) is 13.2 Å². The molecule has 1 unspecified atom stereocenters. The third-order valence-electron chi connectivity index (χ3n) is 1.88. The minimum absolute atomic E-state index is 0.128. The van der Waals surface area contributed by atoms with Crippen LogP contribution in [0, 0.1) is 0 Å². The lowest BCUT2D eigenvalue weighted by molar-refractivity contribution is -0.137. The predicted octanol–water partition coefficient (Wildman–Crippen LogP) is 3.31. The second kappa shape index (κ2) is 4.42. The topological polar surface area (TPSA) is 17.1 Å². The van der Waals surface area contributed by atoms with E-state index in [1.54, 1.807) is 0 Å². The standard InChI is InChI=1S/C10H8F4O/c11-9(4-5-15)7-2-1-3-8(6-7)10(12,13)14/h1-3,5-6,9H,4H2. The van der Waals surface area contributed by atoms with Crippen molar-refractivity contribution in [2.45, 2.75) is 18.8 Å². The van der Waals surface area contributed by atoms with Crippen LogP contribution in [0.1, 0.15) is 23.7 Å². The molecule has 0 radical (unpaired) electrons. The molecule has 0 saturated heterocycles. The first-order chi connectivity index (χ1) is 6.95. The minimum atomic E-state index is -4.49. The number of hydrogen-bond acceptors (Lipinski definition) is 1. The number of carbonyl (C=O) groups is 1. The molecule has 1 aromatic rings. The number of alkyl halides is 4. The lowest BCUT2D eigenvalue weighted by atomic mass is 10.1. The minimum Gasteiger partial charge on any atom is -0.303 e. The average molecular weight is 220 g/mol. The molecule has 1 nitrogen and oxygen atoms in total. The van der Waals surface area contributed by atoms with Gasteiger partial charge in [0.2, 0.25) is 0 Å². The van der Waals surface area contributed by atoms with Crippen LogP contribution in [0.2, 0.25) is 0 Å². The molecular weight excluding hydrogens is 212 g/mol. The SMILES string of the molecule is O=CCC(F)c1cccc(C(F)(F)F)c1. The first kappa shape index (κ1) is 11.7. The lowest BCUT2D eigenvalue weighted by Crippen LogP contribution is -2.06. The summed E-state index contributed by atoms with van der Waals surface area (Å²) >= 11 is 0. The second-order valence-corrected chi connectivity index (χ2v) is 2.99. The highest BCUT2D eigenvalue weighted by molar-refractivity contribution is 5.51. The molecule has 0 fully saturated rings. The molecule has 1 atom stereocenters. The van der Waals surface area contributed by atoms with Crippen molar-refractivity contribution in [1.82, 2.24) is 0 Å². The summed E-state index contributed by atoms with van der Waals surface area (Å²) in [6.07, 6.45) is -6.26. The molecule has 0 aromatic heterocycles. The van der Waals surface area contributed by atoms with Crippen LogP contribution in [0.5, 0.6) is 0 Å². The van der Waals surface area contributed by atoms with Gasteiger partial charge in [-0.3, -0.25) is 0 Å². The van der Waals surface area contributed by atoms with Crippen molar-refractivity contribution < 1.29 is 22.4 Å². The highest BCUT2D eigenvalue weighted by atomic mass is 19.4. The van der Waals surface area contributed by atoms with Gasteiger partial charge in [-0.1, -0.05) is 12.1 Å². The Hall–Kier alpha value is -1.39. The Balaban J connectivity index is 2.97. The van der Waals surface area contributed by atoms with Crippen LogP contribution in [-0.4, -0.2) is 6.29 Å². The summed E-state index contributed by atoms with van der Waals surface area (Å²) in [6, 6.07) is 3.92. The van der Waals surface area contributed by atoms with Gasteiger partial charge in [0.25, 0.3) is 0 Å². The molecular formula is C10H8F4O. The van der Waals surface area contributed by atoms with Crippen molar-refractivity contribution in [3.8, 4) is 0 Å². The van der Waals surface area contributed by atoms with Gasteiger partial charge in [0, 0.05) is 6.42 Å². The summed E-state index contributed by atoms with van der Waals surface area (Å²) in [5.41, 5.74) is -1.04. The van der Waals surface area contributed by atoms with Gasteiger partial charge in [-0.15, -0.1) is 0 Å². The van der Waals surface area contributed by atoms with Crippen LogP contribution in [0.25, 0.3) is 0 Å². The Labute approximate surface area is 83.7 Å². The zero-order valence-corrected chi connectivity index (χ0v) is 7.59. The van der Waals surface area contributed by atoms with E-state index in [2.05, 4.69) is 0 Å². The predicted molar refractivity (Wildman–Crippen MR) is 46.0 cm³/mol. The van der Waals surface area contributed by atoms with Crippen molar-refractivity contribution in [1.29, 1.82) is 0 Å². The largest absolute Gasteiger partial charge is 0.416 e. The Morgan fingerprint density at radius 2 is 2.00 bits per heavy atom. The second-order valence-electron chi connectivity index (χ2n) is 2.99. The molecule has 0 heterocycles. The highest BCUT2D eigenvalue weighted by Crippen LogP contribution is 2.31. The van der Waals surface area contributed by atoms with Crippen molar-refractivity contribution in [3.05, 3.63) is 35.4 Å². The molecule has 0 amide bonds. The Kier molecular flexibility index (Phi) is 3.44. The van der Waals surface area contributed by atoms with Crippen molar-refractivity contribution in [2.24, 2.45) is 0 Å². The average Bonchev–Trinajstić information content (AvgIpc) is 2.17. The summed E-state index contributed by atoms with van der Waals surface area (Å²) in [6.45, 7) is 0. The first-order valence-electron chi connectivity index (χ1n) is 4.20. The van der Waals surface area contributed by atoms with E-state index >= 15 is 0 Å². The van der Waals surface area contributed by atoms with Crippen LogP contribution < -0.4 is 0 Å². The van der Waals surface area contributed by atoms with Crippen LogP contribution in [0.15, 0.2) is 24.3 Å². The van der Waals surface area contributed by atoms with E-state index in [9.17, 15) is 22.4 Å². The van der Waals surface area contributed by atoms with Gasteiger partial charge < -0.3 is 4.79 Å². The van der Waals surface area contributed by atoms with Crippen LogP contribution >= 0.6 is 0 Å². The third kappa shape index (κ3) is 3.04. The number of carbonyl (C=O) groups excluding carboxylic acids is 1.